The summed E-state index contributed by atoms with van der Waals surface area (Å²) in [7, 11) is 0. The fraction of sp³-hybridized carbons (Fsp3) is 0.100. The fourth-order valence-corrected chi connectivity index (χ4v) is 1.23. The maximum Gasteiger partial charge on any atom is 0.258 e. The van der Waals surface area contributed by atoms with Gasteiger partial charge in [-0.25, -0.2) is 0 Å². The molecule has 0 unspecified atom stereocenters. The Bertz CT molecular complexity index is 415. The lowest BCUT2D eigenvalue weighted by Crippen LogP contribution is -2.15. The van der Waals surface area contributed by atoms with Crippen LogP contribution in [0.3, 0.4) is 0 Å². The molecule has 0 bridgehead atoms. The van der Waals surface area contributed by atoms with Gasteiger partial charge in [-0.2, -0.15) is 0 Å². The Hall–Kier alpha value is -1.88. The molecular weight excluding hydrogens is 232 g/mol. The van der Waals surface area contributed by atoms with Crippen LogP contribution in [0.4, 0.5) is 0 Å². The van der Waals surface area contributed by atoms with Crippen molar-refractivity contribution in [1.82, 2.24) is 5.32 Å². The van der Waals surface area contributed by atoms with Gasteiger partial charge in [0.2, 0.25) is 0 Å². The van der Waals surface area contributed by atoms with Crippen LogP contribution in [-0.2, 0) is 4.79 Å². The van der Waals surface area contributed by atoms with Crippen LogP contribution in [0.2, 0.25) is 5.02 Å². The molecule has 5 nitrogen and oxygen atoms in total. The van der Waals surface area contributed by atoms with Gasteiger partial charge in [-0.1, -0.05) is 23.7 Å². The first-order valence-corrected chi connectivity index (χ1v) is 4.80. The van der Waals surface area contributed by atoms with Gasteiger partial charge in [0.1, 0.15) is 12.0 Å². The van der Waals surface area contributed by atoms with Gasteiger partial charge in [0, 0.05) is 10.6 Å². The highest BCUT2D eigenvalue weighted by atomic mass is 35.5. The van der Waals surface area contributed by atoms with Gasteiger partial charge < -0.3 is 10.1 Å². The fourth-order valence-electron chi connectivity index (χ4n) is 1.11. The Balaban J connectivity index is 2.96. The average Bonchev–Trinajstić information content (AvgIpc) is 2.25. The van der Waals surface area contributed by atoms with Crippen molar-refractivity contribution in [2.75, 3.05) is 6.54 Å². The molecule has 0 aliphatic rings. The SMILES string of the molecule is O=CCN/C(=C/[N+](=O)[O-])c1ccc(Cl)cc1. The number of aldehydes is 1. The molecule has 0 heterocycles. The van der Waals surface area contributed by atoms with Crippen molar-refractivity contribution in [3.05, 3.63) is 51.2 Å². The molecule has 1 aromatic rings. The number of carbonyl (C=O) groups is 1. The Morgan fingerprint density at radius 2 is 2.06 bits per heavy atom. The van der Waals surface area contributed by atoms with Crippen LogP contribution in [0.5, 0.6) is 0 Å². The lowest BCUT2D eigenvalue weighted by Gasteiger charge is -2.05. The summed E-state index contributed by atoms with van der Waals surface area (Å²) < 4.78 is 0. The first kappa shape index (κ1) is 12.2. The molecule has 0 aliphatic heterocycles. The van der Waals surface area contributed by atoms with Crippen molar-refractivity contribution in [3.8, 4) is 0 Å². The summed E-state index contributed by atoms with van der Waals surface area (Å²) in [5.41, 5.74) is 0.872. The number of hydrogen-bond acceptors (Lipinski definition) is 4. The van der Waals surface area contributed by atoms with E-state index in [2.05, 4.69) is 5.32 Å². The molecule has 0 fully saturated rings. The van der Waals surface area contributed by atoms with Crippen LogP contribution < -0.4 is 5.32 Å². The van der Waals surface area contributed by atoms with Gasteiger partial charge in [0.05, 0.1) is 11.5 Å². The van der Waals surface area contributed by atoms with Crippen LogP contribution in [0, 0.1) is 10.1 Å². The second-order valence-electron chi connectivity index (χ2n) is 2.88. The van der Waals surface area contributed by atoms with E-state index in [1.807, 2.05) is 0 Å². The maximum absolute atomic E-state index is 10.4. The number of hydrogen-bond donors (Lipinski definition) is 1. The van der Waals surface area contributed by atoms with Crippen molar-refractivity contribution < 1.29 is 9.72 Å². The van der Waals surface area contributed by atoms with Gasteiger partial charge in [-0.15, -0.1) is 0 Å². The minimum absolute atomic E-state index is 0.0162. The maximum atomic E-state index is 10.4. The molecule has 6 heteroatoms. The zero-order valence-corrected chi connectivity index (χ0v) is 8.98. The Labute approximate surface area is 96.9 Å². The molecule has 16 heavy (non-hydrogen) atoms. The van der Waals surface area contributed by atoms with Gasteiger partial charge >= 0.3 is 0 Å². The monoisotopic (exact) mass is 240 g/mol. The lowest BCUT2D eigenvalue weighted by atomic mass is 10.1. The third kappa shape index (κ3) is 3.70. The lowest BCUT2D eigenvalue weighted by molar-refractivity contribution is -0.401. The van der Waals surface area contributed by atoms with E-state index in [0.29, 0.717) is 16.9 Å². The summed E-state index contributed by atoms with van der Waals surface area (Å²) in [6.07, 6.45) is 1.44. The highest BCUT2D eigenvalue weighted by Crippen LogP contribution is 2.15. The van der Waals surface area contributed by atoms with Gasteiger partial charge in [-0.05, 0) is 12.1 Å². The molecule has 1 N–H and O–H groups in total. The molecular formula is C10H9ClN2O3. The summed E-state index contributed by atoms with van der Waals surface area (Å²) in [5, 5.41) is 13.6. The van der Waals surface area contributed by atoms with E-state index in [0.717, 1.165) is 6.20 Å². The van der Waals surface area contributed by atoms with Crippen molar-refractivity contribution in [3.63, 3.8) is 0 Å². The van der Waals surface area contributed by atoms with Crippen LogP contribution in [0.25, 0.3) is 5.70 Å². The Morgan fingerprint density at radius 3 is 2.56 bits per heavy atom. The molecule has 0 aliphatic carbocycles. The van der Waals surface area contributed by atoms with Crippen LogP contribution in [0.1, 0.15) is 5.56 Å². The highest BCUT2D eigenvalue weighted by molar-refractivity contribution is 6.30. The summed E-state index contributed by atoms with van der Waals surface area (Å²) in [4.78, 5) is 20.0. The predicted octanol–water partition coefficient (Wildman–Crippen LogP) is 1.70. The van der Waals surface area contributed by atoms with Crippen molar-refractivity contribution in [2.45, 2.75) is 0 Å². The third-order valence-corrected chi connectivity index (χ3v) is 2.02. The average molecular weight is 241 g/mol. The largest absolute Gasteiger partial charge is 0.373 e. The third-order valence-electron chi connectivity index (χ3n) is 1.77. The van der Waals surface area contributed by atoms with E-state index >= 15 is 0 Å². The van der Waals surface area contributed by atoms with Crippen molar-refractivity contribution >= 4 is 23.6 Å². The minimum Gasteiger partial charge on any atom is -0.373 e. The summed E-state index contributed by atoms with van der Waals surface area (Å²) >= 11 is 5.70. The number of nitro groups is 1. The van der Waals surface area contributed by atoms with E-state index in [-0.39, 0.29) is 12.2 Å². The van der Waals surface area contributed by atoms with Crippen LogP contribution in [-0.4, -0.2) is 17.8 Å². The number of benzene rings is 1. The molecule has 1 aromatic carbocycles. The zero-order chi connectivity index (χ0) is 12.0. The number of rotatable bonds is 5. The van der Waals surface area contributed by atoms with Crippen molar-refractivity contribution in [2.24, 2.45) is 0 Å². The Kier molecular flexibility index (Phi) is 4.47. The van der Waals surface area contributed by atoms with Gasteiger partial charge in [0.15, 0.2) is 0 Å². The van der Waals surface area contributed by atoms with Gasteiger partial charge in [-0.3, -0.25) is 10.1 Å². The molecule has 0 aromatic heterocycles. The summed E-state index contributed by atoms with van der Waals surface area (Å²) in [6, 6.07) is 6.51. The van der Waals surface area contributed by atoms with E-state index in [1.54, 1.807) is 24.3 Å². The molecule has 1 rings (SSSR count). The van der Waals surface area contributed by atoms with E-state index in [4.69, 9.17) is 11.6 Å². The first-order chi connectivity index (χ1) is 7.63. The minimum atomic E-state index is -0.582. The van der Waals surface area contributed by atoms with Crippen LogP contribution in [0.15, 0.2) is 30.5 Å². The summed E-state index contributed by atoms with van der Waals surface area (Å²) in [5.74, 6) is 0. The second kappa shape index (κ2) is 5.87. The summed E-state index contributed by atoms with van der Waals surface area (Å²) in [6.45, 7) is 0.0162. The quantitative estimate of drug-likeness (QED) is 0.483. The zero-order valence-electron chi connectivity index (χ0n) is 8.22. The molecule has 0 saturated carbocycles. The topological polar surface area (TPSA) is 72.2 Å². The molecule has 0 atom stereocenters. The Morgan fingerprint density at radius 1 is 1.44 bits per heavy atom. The molecule has 0 spiro atoms. The highest BCUT2D eigenvalue weighted by Gasteiger charge is 2.05. The smallest absolute Gasteiger partial charge is 0.258 e. The van der Waals surface area contributed by atoms with Gasteiger partial charge in [0.25, 0.3) is 6.20 Å². The van der Waals surface area contributed by atoms with Crippen molar-refractivity contribution in [1.29, 1.82) is 0 Å². The predicted molar refractivity (Wildman–Crippen MR) is 60.5 cm³/mol. The van der Waals surface area contributed by atoms with E-state index in [9.17, 15) is 14.9 Å². The van der Waals surface area contributed by atoms with E-state index < -0.39 is 4.92 Å². The van der Waals surface area contributed by atoms with Crippen LogP contribution >= 0.6 is 11.6 Å². The van der Waals surface area contributed by atoms with E-state index in [1.165, 1.54) is 0 Å². The molecule has 0 saturated heterocycles. The number of nitrogens with one attached hydrogen (secondary N) is 1. The molecule has 84 valence electrons. The normalized spacial score (nSPS) is 10.9. The number of carbonyl (C=O) groups excluding carboxylic acids is 1. The molecule has 0 amide bonds. The number of nitrogens with zero attached hydrogens (tertiary/aromatic N) is 1. The molecule has 0 radical (unpaired) electrons. The number of halogens is 1. The second-order valence-corrected chi connectivity index (χ2v) is 3.32. The standard InChI is InChI=1S/C10H9ClN2O3/c11-9-3-1-8(2-4-9)10(7-13(15)16)12-5-6-14/h1-4,6-7,12H,5H2/b10-7+. The first-order valence-electron chi connectivity index (χ1n) is 4.42.